The van der Waals surface area contributed by atoms with Crippen LogP contribution in [0.2, 0.25) is 0 Å². The summed E-state index contributed by atoms with van der Waals surface area (Å²) in [6, 6.07) is 83.8. The maximum atomic E-state index is 6.87. The minimum atomic E-state index is 0.552. The van der Waals surface area contributed by atoms with Crippen molar-refractivity contribution in [2.75, 3.05) is 0 Å². The Bertz CT molecular complexity index is 4620. The van der Waals surface area contributed by atoms with Crippen molar-refractivity contribution in [2.24, 2.45) is 0 Å². The van der Waals surface area contributed by atoms with Gasteiger partial charge in [0.2, 0.25) is 0 Å². The standard InChI is InChI=1S/C65H39N5O/c1-3-16-40(17-4-1)41-30-32-43(33-31-41)63-66-64(51-26-15-28-55-61(51)49-24-11-13-27-54(49)69(55)46-21-5-2-6-22-46)68-65(67-63)53-38-47(39-59-62(53)50-25-12-14-29-58(50)71-59)70-56-35-34-42-18-9-10-23-48(42)60(56)52-36-44-19-7-8-20-45(44)37-57(52)70/h1-39H. The number of para-hydroxylation sites is 3. The molecule has 4 heterocycles. The highest BCUT2D eigenvalue weighted by Crippen LogP contribution is 2.44. The molecule has 0 bridgehead atoms. The maximum Gasteiger partial charge on any atom is 0.164 e. The Labute approximate surface area is 407 Å². The number of rotatable bonds is 6. The summed E-state index contributed by atoms with van der Waals surface area (Å²) < 4.78 is 11.6. The van der Waals surface area contributed by atoms with Crippen LogP contribution in [0.4, 0.5) is 0 Å². The van der Waals surface area contributed by atoms with E-state index < -0.39 is 0 Å². The highest BCUT2D eigenvalue weighted by atomic mass is 16.3. The van der Waals surface area contributed by atoms with E-state index in [1.807, 2.05) is 18.2 Å². The van der Waals surface area contributed by atoms with Gasteiger partial charge in [-0.05, 0) is 87.3 Å². The van der Waals surface area contributed by atoms with Crippen molar-refractivity contribution in [3.05, 3.63) is 237 Å². The summed E-state index contributed by atoms with van der Waals surface area (Å²) in [5.74, 6) is 1.71. The van der Waals surface area contributed by atoms with Crippen LogP contribution in [0.1, 0.15) is 0 Å². The second-order valence-electron chi connectivity index (χ2n) is 18.3. The molecule has 6 heteroatoms. The fourth-order valence-corrected chi connectivity index (χ4v) is 11.1. The average molecular weight is 906 g/mol. The van der Waals surface area contributed by atoms with Crippen LogP contribution in [-0.2, 0) is 0 Å². The maximum absolute atomic E-state index is 6.87. The third kappa shape index (κ3) is 6.11. The van der Waals surface area contributed by atoms with Gasteiger partial charge in [0.15, 0.2) is 17.5 Å². The summed E-state index contributed by atoms with van der Waals surface area (Å²) >= 11 is 0. The molecule has 330 valence electrons. The topological polar surface area (TPSA) is 61.7 Å². The summed E-state index contributed by atoms with van der Waals surface area (Å²) in [4.78, 5) is 16.5. The largest absolute Gasteiger partial charge is 0.456 e. The van der Waals surface area contributed by atoms with Gasteiger partial charge in [0.05, 0.1) is 27.8 Å². The van der Waals surface area contributed by atoms with Gasteiger partial charge in [-0.25, -0.2) is 15.0 Å². The van der Waals surface area contributed by atoms with Gasteiger partial charge in [0.25, 0.3) is 0 Å². The number of furan rings is 1. The van der Waals surface area contributed by atoms with Gasteiger partial charge in [-0.2, -0.15) is 0 Å². The molecule has 0 saturated carbocycles. The summed E-state index contributed by atoms with van der Waals surface area (Å²) in [5.41, 5.74) is 12.9. The normalized spacial score (nSPS) is 11.9. The average Bonchev–Trinajstić information content (AvgIpc) is 4.10. The zero-order valence-electron chi connectivity index (χ0n) is 38.2. The molecule has 0 amide bonds. The molecule has 0 radical (unpaired) electrons. The van der Waals surface area contributed by atoms with Crippen LogP contribution in [0.3, 0.4) is 0 Å². The predicted octanol–water partition coefficient (Wildman–Crippen LogP) is 16.9. The molecular formula is C65H39N5O. The Kier molecular flexibility index (Phi) is 8.56. The number of benzene rings is 11. The summed E-state index contributed by atoms with van der Waals surface area (Å²) in [7, 11) is 0. The molecule has 0 fully saturated rings. The molecule has 15 rings (SSSR count). The Hall–Kier alpha value is -9.65. The fourth-order valence-electron chi connectivity index (χ4n) is 11.1. The summed E-state index contributed by atoms with van der Waals surface area (Å²) in [6.45, 7) is 0. The SMILES string of the molecule is c1ccc(-c2ccc(-c3nc(-c4cc(-n5c6cc7ccccc7cc6c6c7ccccc7ccc65)cc5oc6ccccc6c45)nc(-c4cccc5c4c4ccccc4n5-c4ccccc4)n3)cc2)cc1. The first-order valence-corrected chi connectivity index (χ1v) is 24.0. The lowest BCUT2D eigenvalue weighted by Gasteiger charge is -2.14. The van der Waals surface area contributed by atoms with Crippen molar-refractivity contribution in [1.82, 2.24) is 24.1 Å². The van der Waals surface area contributed by atoms with E-state index in [1.165, 1.54) is 32.3 Å². The van der Waals surface area contributed by atoms with Crippen molar-refractivity contribution in [3.63, 3.8) is 0 Å². The van der Waals surface area contributed by atoms with E-state index in [-0.39, 0.29) is 0 Å². The molecule has 0 saturated heterocycles. The van der Waals surface area contributed by atoms with Gasteiger partial charge in [-0.15, -0.1) is 0 Å². The molecule has 6 nitrogen and oxygen atoms in total. The van der Waals surface area contributed by atoms with Crippen molar-refractivity contribution in [3.8, 4) is 56.7 Å². The van der Waals surface area contributed by atoms with Crippen LogP contribution in [0, 0.1) is 0 Å². The van der Waals surface area contributed by atoms with Crippen molar-refractivity contribution in [1.29, 1.82) is 0 Å². The highest BCUT2D eigenvalue weighted by Gasteiger charge is 2.24. The molecule has 0 aliphatic carbocycles. The van der Waals surface area contributed by atoms with Gasteiger partial charge in [0.1, 0.15) is 11.2 Å². The lowest BCUT2D eigenvalue weighted by Crippen LogP contribution is -2.02. The van der Waals surface area contributed by atoms with Crippen LogP contribution in [-0.4, -0.2) is 24.1 Å². The molecule has 0 aliphatic rings. The van der Waals surface area contributed by atoms with Crippen molar-refractivity contribution in [2.45, 2.75) is 0 Å². The zero-order chi connectivity index (χ0) is 46.6. The first-order chi connectivity index (χ1) is 35.2. The van der Waals surface area contributed by atoms with Crippen LogP contribution < -0.4 is 0 Å². The Morgan fingerprint density at radius 2 is 0.873 bits per heavy atom. The molecule has 0 unspecified atom stereocenters. The highest BCUT2D eigenvalue weighted by molar-refractivity contribution is 6.24. The molecule has 0 spiro atoms. The molecule has 11 aromatic carbocycles. The smallest absolute Gasteiger partial charge is 0.164 e. The summed E-state index contributed by atoms with van der Waals surface area (Å²) in [6.07, 6.45) is 0. The third-order valence-corrected chi connectivity index (χ3v) is 14.3. The van der Waals surface area contributed by atoms with Gasteiger partial charge < -0.3 is 13.6 Å². The van der Waals surface area contributed by atoms with E-state index in [4.69, 9.17) is 19.4 Å². The molecule has 0 atom stereocenters. The zero-order valence-corrected chi connectivity index (χ0v) is 38.2. The lowest BCUT2D eigenvalue weighted by atomic mass is 10.0. The Morgan fingerprint density at radius 3 is 1.69 bits per heavy atom. The fraction of sp³-hybridized carbons (Fsp3) is 0. The second-order valence-corrected chi connectivity index (χ2v) is 18.3. The van der Waals surface area contributed by atoms with Gasteiger partial charge in [0, 0.05) is 60.8 Å². The number of hydrogen-bond donors (Lipinski definition) is 0. The second kappa shape index (κ2) is 15.4. The molecular weight excluding hydrogens is 867 g/mol. The van der Waals surface area contributed by atoms with E-state index in [1.54, 1.807) is 0 Å². The quantitative estimate of drug-likeness (QED) is 0.167. The van der Waals surface area contributed by atoms with E-state index in [9.17, 15) is 0 Å². The van der Waals surface area contributed by atoms with E-state index >= 15 is 0 Å². The molecule has 4 aromatic heterocycles. The number of hydrogen-bond acceptors (Lipinski definition) is 4. The molecule has 15 aromatic rings. The monoisotopic (exact) mass is 905 g/mol. The van der Waals surface area contributed by atoms with E-state index in [0.29, 0.717) is 17.5 Å². The van der Waals surface area contributed by atoms with Crippen molar-refractivity contribution < 1.29 is 4.42 Å². The first kappa shape index (κ1) is 39.4. The van der Waals surface area contributed by atoms with E-state index in [2.05, 4.69) is 228 Å². The van der Waals surface area contributed by atoms with Crippen LogP contribution in [0.5, 0.6) is 0 Å². The lowest BCUT2D eigenvalue weighted by molar-refractivity contribution is 0.668. The Morgan fingerprint density at radius 1 is 0.282 bits per heavy atom. The minimum absolute atomic E-state index is 0.552. The van der Waals surface area contributed by atoms with Crippen LogP contribution in [0.15, 0.2) is 241 Å². The van der Waals surface area contributed by atoms with E-state index in [0.717, 1.165) is 94.0 Å². The van der Waals surface area contributed by atoms with Crippen LogP contribution >= 0.6 is 0 Å². The number of aromatic nitrogens is 5. The first-order valence-electron chi connectivity index (χ1n) is 24.0. The van der Waals surface area contributed by atoms with Crippen molar-refractivity contribution >= 4 is 87.1 Å². The summed E-state index contributed by atoms with van der Waals surface area (Å²) in [5, 5.41) is 11.3. The number of fused-ring (bicyclic) bond motifs is 12. The van der Waals surface area contributed by atoms with Gasteiger partial charge in [-0.1, -0.05) is 176 Å². The molecule has 0 aliphatic heterocycles. The molecule has 0 N–H and O–H groups in total. The predicted molar refractivity (Wildman–Crippen MR) is 293 cm³/mol. The minimum Gasteiger partial charge on any atom is -0.456 e. The van der Waals surface area contributed by atoms with Gasteiger partial charge in [-0.3, -0.25) is 0 Å². The molecule has 71 heavy (non-hydrogen) atoms. The Balaban J connectivity index is 1.04. The van der Waals surface area contributed by atoms with Crippen LogP contribution in [0.25, 0.3) is 144 Å². The third-order valence-electron chi connectivity index (χ3n) is 14.3. The van der Waals surface area contributed by atoms with Gasteiger partial charge >= 0.3 is 0 Å². The number of nitrogens with zero attached hydrogens (tertiary/aromatic N) is 5.